The molecule has 1 aromatic heterocycles. The predicted molar refractivity (Wildman–Crippen MR) is 66.9 cm³/mol. The van der Waals surface area contributed by atoms with Crippen molar-refractivity contribution in [2.24, 2.45) is 0 Å². The van der Waals surface area contributed by atoms with Crippen LogP contribution in [0.2, 0.25) is 5.02 Å². The fourth-order valence-electron chi connectivity index (χ4n) is 1.58. The van der Waals surface area contributed by atoms with E-state index in [0.29, 0.717) is 17.3 Å². The van der Waals surface area contributed by atoms with Crippen LogP contribution in [-0.4, -0.2) is 16.1 Å². The van der Waals surface area contributed by atoms with E-state index in [2.05, 4.69) is 10.3 Å². The summed E-state index contributed by atoms with van der Waals surface area (Å²) >= 11 is 5.67. The van der Waals surface area contributed by atoms with Crippen molar-refractivity contribution in [3.8, 4) is 0 Å². The molecule has 2 rings (SSSR count). The lowest BCUT2D eigenvalue weighted by Gasteiger charge is -2.09. The van der Waals surface area contributed by atoms with Gasteiger partial charge in [-0.05, 0) is 25.1 Å². The number of nitrogens with one attached hydrogen (secondary N) is 1. The Kier molecular flexibility index (Phi) is 3.64. The molecule has 5 heteroatoms. The van der Waals surface area contributed by atoms with Crippen molar-refractivity contribution in [1.82, 2.24) is 9.55 Å². The van der Waals surface area contributed by atoms with E-state index in [0.717, 1.165) is 12.4 Å². The number of hydrogen-bond acceptors (Lipinski definition) is 2. The average molecular weight is 254 g/mol. The first-order valence-corrected chi connectivity index (χ1v) is 5.71. The number of benzene rings is 1. The summed E-state index contributed by atoms with van der Waals surface area (Å²) in [7, 11) is 0. The van der Waals surface area contributed by atoms with Gasteiger partial charge in [0.2, 0.25) is 0 Å². The van der Waals surface area contributed by atoms with Gasteiger partial charge >= 0.3 is 0 Å². The number of anilines is 1. The molecule has 0 aliphatic rings. The Hall–Kier alpha value is -1.55. The maximum absolute atomic E-state index is 13.4. The van der Waals surface area contributed by atoms with E-state index in [1.807, 2.05) is 17.7 Å². The maximum Gasteiger partial charge on any atom is 0.147 e. The zero-order valence-corrected chi connectivity index (χ0v) is 10.2. The van der Waals surface area contributed by atoms with Crippen LogP contribution < -0.4 is 5.32 Å². The molecule has 1 aromatic carbocycles. The van der Waals surface area contributed by atoms with Gasteiger partial charge in [0, 0.05) is 30.5 Å². The minimum absolute atomic E-state index is 0.333. The van der Waals surface area contributed by atoms with Crippen molar-refractivity contribution in [3.05, 3.63) is 47.3 Å². The van der Waals surface area contributed by atoms with Gasteiger partial charge in [-0.3, -0.25) is 0 Å². The van der Waals surface area contributed by atoms with E-state index < -0.39 is 0 Å². The van der Waals surface area contributed by atoms with E-state index >= 15 is 0 Å². The summed E-state index contributed by atoms with van der Waals surface area (Å²) in [6.07, 6.45) is 3.65. The van der Waals surface area contributed by atoms with E-state index in [4.69, 9.17) is 11.6 Å². The van der Waals surface area contributed by atoms with Gasteiger partial charge in [0.1, 0.15) is 11.6 Å². The summed E-state index contributed by atoms with van der Waals surface area (Å²) in [5.41, 5.74) is 0.465. The Bertz CT molecular complexity index is 510. The normalized spacial score (nSPS) is 10.5. The predicted octanol–water partition coefficient (Wildman–Crippen LogP) is 3.10. The number of hydrogen-bond donors (Lipinski definition) is 1. The van der Waals surface area contributed by atoms with Gasteiger partial charge in [-0.25, -0.2) is 9.37 Å². The monoisotopic (exact) mass is 253 g/mol. The average Bonchev–Trinajstić information content (AvgIpc) is 2.68. The molecule has 0 fully saturated rings. The van der Waals surface area contributed by atoms with E-state index in [-0.39, 0.29) is 5.82 Å². The molecule has 2 aromatic rings. The van der Waals surface area contributed by atoms with Crippen LogP contribution in [0.4, 0.5) is 10.1 Å². The van der Waals surface area contributed by atoms with Gasteiger partial charge in [-0.1, -0.05) is 11.6 Å². The van der Waals surface area contributed by atoms with Crippen LogP contribution in [0.25, 0.3) is 0 Å². The quantitative estimate of drug-likeness (QED) is 0.908. The van der Waals surface area contributed by atoms with Crippen LogP contribution in [0.5, 0.6) is 0 Å². The molecule has 0 bridgehead atoms. The molecule has 0 amide bonds. The molecule has 0 aliphatic carbocycles. The first kappa shape index (κ1) is 11.9. The Balaban J connectivity index is 1.92. The molecule has 1 heterocycles. The number of halogens is 2. The molecule has 90 valence electrons. The van der Waals surface area contributed by atoms with Gasteiger partial charge < -0.3 is 9.88 Å². The third-order valence-corrected chi connectivity index (χ3v) is 2.76. The van der Waals surface area contributed by atoms with Crippen molar-refractivity contribution in [3.63, 3.8) is 0 Å². The van der Waals surface area contributed by atoms with Crippen LogP contribution in [0.1, 0.15) is 5.82 Å². The highest BCUT2D eigenvalue weighted by molar-refractivity contribution is 6.30. The van der Waals surface area contributed by atoms with Crippen LogP contribution in [0, 0.1) is 12.7 Å². The topological polar surface area (TPSA) is 29.9 Å². The largest absolute Gasteiger partial charge is 0.381 e. The lowest BCUT2D eigenvalue weighted by atomic mass is 10.3. The Labute approximate surface area is 104 Å². The van der Waals surface area contributed by atoms with Crippen LogP contribution >= 0.6 is 11.6 Å². The van der Waals surface area contributed by atoms with Gasteiger partial charge in [0.05, 0.1) is 5.69 Å². The van der Waals surface area contributed by atoms with Crippen molar-refractivity contribution < 1.29 is 4.39 Å². The molecule has 0 spiro atoms. The van der Waals surface area contributed by atoms with E-state index in [9.17, 15) is 4.39 Å². The minimum Gasteiger partial charge on any atom is -0.381 e. The van der Waals surface area contributed by atoms with E-state index in [1.165, 1.54) is 6.07 Å². The minimum atomic E-state index is -0.333. The highest BCUT2D eigenvalue weighted by Gasteiger charge is 2.02. The number of aromatic nitrogens is 2. The molecule has 3 nitrogen and oxygen atoms in total. The van der Waals surface area contributed by atoms with Gasteiger partial charge in [-0.15, -0.1) is 0 Å². The smallest absolute Gasteiger partial charge is 0.147 e. The maximum atomic E-state index is 13.4. The molecule has 0 saturated carbocycles. The molecule has 0 aliphatic heterocycles. The summed E-state index contributed by atoms with van der Waals surface area (Å²) in [4.78, 5) is 4.12. The summed E-state index contributed by atoms with van der Waals surface area (Å²) in [6.45, 7) is 3.31. The van der Waals surface area contributed by atoms with Gasteiger partial charge in [0.15, 0.2) is 0 Å². The molecule has 17 heavy (non-hydrogen) atoms. The lowest BCUT2D eigenvalue weighted by molar-refractivity contribution is 0.627. The second kappa shape index (κ2) is 5.19. The first-order chi connectivity index (χ1) is 8.16. The Morgan fingerprint density at radius 2 is 2.29 bits per heavy atom. The fraction of sp³-hybridized carbons (Fsp3) is 0.250. The Morgan fingerprint density at radius 1 is 1.47 bits per heavy atom. The van der Waals surface area contributed by atoms with Crippen LogP contribution in [0.3, 0.4) is 0 Å². The highest BCUT2D eigenvalue weighted by atomic mass is 35.5. The number of nitrogens with zero attached hydrogens (tertiary/aromatic N) is 2. The first-order valence-electron chi connectivity index (χ1n) is 5.33. The summed E-state index contributed by atoms with van der Waals surface area (Å²) in [5, 5.41) is 3.42. The fourth-order valence-corrected chi connectivity index (χ4v) is 1.74. The summed E-state index contributed by atoms with van der Waals surface area (Å²) in [6, 6.07) is 4.60. The van der Waals surface area contributed by atoms with Gasteiger partial charge in [0.25, 0.3) is 0 Å². The molecular formula is C12H13ClFN3. The van der Waals surface area contributed by atoms with Gasteiger partial charge in [-0.2, -0.15) is 0 Å². The molecule has 0 saturated heterocycles. The number of imidazole rings is 1. The lowest BCUT2D eigenvalue weighted by Crippen LogP contribution is -2.11. The second-order valence-corrected chi connectivity index (χ2v) is 4.16. The number of aryl methyl sites for hydroxylation is 1. The third-order valence-electron chi connectivity index (χ3n) is 2.52. The molecule has 0 unspecified atom stereocenters. The van der Waals surface area contributed by atoms with Crippen molar-refractivity contribution in [2.75, 3.05) is 11.9 Å². The van der Waals surface area contributed by atoms with Crippen LogP contribution in [0.15, 0.2) is 30.6 Å². The summed E-state index contributed by atoms with van der Waals surface area (Å²) in [5.74, 6) is 0.614. The third kappa shape index (κ3) is 2.97. The molecule has 0 atom stereocenters. The number of rotatable bonds is 4. The van der Waals surface area contributed by atoms with Crippen molar-refractivity contribution in [2.45, 2.75) is 13.5 Å². The standard InChI is InChI=1S/C12H13ClFN3/c1-9-15-4-6-17(9)7-5-16-12-3-2-10(13)8-11(12)14/h2-4,6,8,16H,5,7H2,1H3. The molecular weight excluding hydrogens is 241 g/mol. The highest BCUT2D eigenvalue weighted by Crippen LogP contribution is 2.18. The summed E-state index contributed by atoms with van der Waals surface area (Å²) < 4.78 is 15.4. The van der Waals surface area contributed by atoms with Crippen LogP contribution in [-0.2, 0) is 6.54 Å². The SMILES string of the molecule is Cc1nccn1CCNc1ccc(Cl)cc1F. The molecule has 0 radical (unpaired) electrons. The zero-order chi connectivity index (χ0) is 12.3. The van der Waals surface area contributed by atoms with Crippen molar-refractivity contribution >= 4 is 17.3 Å². The Morgan fingerprint density at radius 3 is 2.94 bits per heavy atom. The van der Waals surface area contributed by atoms with Crippen molar-refractivity contribution in [1.29, 1.82) is 0 Å². The second-order valence-electron chi connectivity index (χ2n) is 3.72. The van der Waals surface area contributed by atoms with E-state index in [1.54, 1.807) is 18.3 Å². The zero-order valence-electron chi connectivity index (χ0n) is 9.45. The molecule has 1 N–H and O–H groups in total.